The van der Waals surface area contributed by atoms with Crippen molar-refractivity contribution in [1.29, 1.82) is 0 Å². The minimum atomic E-state index is -1.03. The average Bonchev–Trinajstić information content (AvgIpc) is 2.87. The van der Waals surface area contributed by atoms with E-state index in [4.69, 9.17) is 0 Å². The van der Waals surface area contributed by atoms with Gasteiger partial charge < -0.3 is 15.3 Å². The second kappa shape index (κ2) is 8.39. The highest BCUT2D eigenvalue weighted by atomic mass is 32.1. The van der Waals surface area contributed by atoms with E-state index in [1.165, 1.54) is 50.1 Å². The molecular formula is C15H24N2O2S. The number of rotatable bonds is 6. The Hall–Kier alpha value is -0.910. The molecule has 0 bridgehead atoms. The fourth-order valence-corrected chi connectivity index (χ4v) is 3.23. The summed E-state index contributed by atoms with van der Waals surface area (Å²) in [7, 11) is 0. The summed E-state index contributed by atoms with van der Waals surface area (Å²) in [5.74, 6) is -0.292. The fourth-order valence-electron chi connectivity index (χ4n) is 2.55. The second-order valence-electron chi connectivity index (χ2n) is 5.36. The molecule has 112 valence electrons. The largest absolute Gasteiger partial charge is 0.378 e. The lowest BCUT2D eigenvalue weighted by Crippen LogP contribution is -2.33. The van der Waals surface area contributed by atoms with Crippen molar-refractivity contribution in [2.75, 3.05) is 26.2 Å². The van der Waals surface area contributed by atoms with E-state index in [9.17, 15) is 9.90 Å². The number of carbonyl (C=O) groups excluding carboxylic acids is 1. The molecule has 2 heterocycles. The van der Waals surface area contributed by atoms with E-state index in [1.54, 1.807) is 6.07 Å². The number of aliphatic hydroxyl groups is 1. The molecule has 2 rings (SSSR count). The number of aliphatic hydroxyl groups excluding tert-OH is 1. The van der Waals surface area contributed by atoms with Crippen molar-refractivity contribution in [2.24, 2.45) is 0 Å². The minimum absolute atomic E-state index is 0.292. The molecule has 1 aromatic heterocycles. The van der Waals surface area contributed by atoms with Crippen LogP contribution in [0.4, 0.5) is 0 Å². The third-order valence-corrected chi connectivity index (χ3v) is 4.46. The van der Waals surface area contributed by atoms with Gasteiger partial charge in [-0.2, -0.15) is 11.3 Å². The number of nitrogens with one attached hydrogen (secondary N) is 1. The maximum atomic E-state index is 11.8. The topological polar surface area (TPSA) is 52.6 Å². The van der Waals surface area contributed by atoms with Crippen molar-refractivity contribution >= 4 is 17.2 Å². The molecule has 0 aliphatic carbocycles. The van der Waals surface area contributed by atoms with E-state index >= 15 is 0 Å². The van der Waals surface area contributed by atoms with E-state index in [-0.39, 0.29) is 5.91 Å². The number of thiophene rings is 1. The van der Waals surface area contributed by atoms with Crippen LogP contribution in [-0.4, -0.2) is 42.1 Å². The van der Waals surface area contributed by atoms with Crippen molar-refractivity contribution in [3.05, 3.63) is 22.4 Å². The number of carbonyl (C=O) groups is 1. The van der Waals surface area contributed by atoms with Crippen molar-refractivity contribution in [3.8, 4) is 0 Å². The first kappa shape index (κ1) is 15.5. The van der Waals surface area contributed by atoms with Gasteiger partial charge in [-0.25, -0.2) is 0 Å². The van der Waals surface area contributed by atoms with Crippen LogP contribution in [0.25, 0.3) is 0 Å². The fraction of sp³-hybridized carbons (Fsp3) is 0.667. The summed E-state index contributed by atoms with van der Waals surface area (Å²) >= 11 is 1.49. The number of nitrogens with zero attached hydrogens (tertiary/aromatic N) is 1. The molecule has 0 aromatic carbocycles. The Kier molecular flexibility index (Phi) is 6.50. The zero-order chi connectivity index (χ0) is 14.2. The Labute approximate surface area is 124 Å². The third-order valence-electron chi connectivity index (χ3n) is 3.76. The molecule has 5 heteroatoms. The first-order chi connectivity index (χ1) is 9.77. The Morgan fingerprint density at radius 3 is 2.75 bits per heavy atom. The van der Waals surface area contributed by atoms with Crippen molar-refractivity contribution in [1.82, 2.24) is 10.2 Å². The lowest BCUT2D eigenvalue weighted by molar-refractivity contribution is -0.129. The Bertz CT molecular complexity index is 387. The lowest BCUT2D eigenvalue weighted by Gasteiger charge is -2.19. The maximum absolute atomic E-state index is 11.8. The molecule has 2 N–H and O–H groups in total. The predicted octanol–water partition coefficient (Wildman–Crippen LogP) is 2.16. The molecule has 0 saturated carbocycles. The van der Waals surface area contributed by atoms with Gasteiger partial charge in [-0.3, -0.25) is 4.79 Å². The predicted molar refractivity (Wildman–Crippen MR) is 81.8 cm³/mol. The van der Waals surface area contributed by atoms with E-state index < -0.39 is 6.10 Å². The van der Waals surface area contributed by atoms with Crippen LogP contribution in [0.15, 0.2) is 16.8 Å². The maximum Gasteiger partial charge on any atom is 0.253 e. The van der Waals surface area contributed by atoms with Crippen molar-refractivity contribution in [3.63, 3.8) is 0 Å². The van der Waals surface area contributed by atoms with Crippen LogP contribution in [0.1, 0.15) is 43.8 Å². The summed E-state index contributed by atoms with van der Waals surface area (Å²) in [6, 6.07) is 1.78. The summed E-state index contributed by atoms with van der Waals surface area (Å²) < 4.78 is 0. The smallest absolute Gasteiger partial charge is 0.253 e. The van der Waals surface area contributed by atoms with Gasteiger partial charge in [0.05, 0.1) is 0 Å². The Morgan fingerprint density at radius 1 is 1.35 bits per heavy atom. The Balaban J connectivity index is 1.61. The zero-order valence-corrected chi connectivity index (χ0v) is 12.7. The van der Waals surface area contributed by atoms with E-state index in [0.717, 1.165) is 13.0 Å². The van der Waals surface area contributed by atoms with Gasteiger partial charge in [0.15, 0.2) is 6.10 Å². The van der Waals surface area contributed by atoms with Crippen molar-refractivity contribution < 1.29 is 9.90 Å². The number of amides is 1. The van der Waals surface area contributed by atoms with Crippen LogP contribution in [0.3, 0.4) is 0 Å². The summed E-state index contributed by atoms with van der Waals surface area (Å²) in [6.45, 7) is 4.04. The van der Waals surface area contributed by atoms with Crippen LogP contribution >= 0.6 is 11.3 Å². The molecule has 1 aromatic rings. The molecule has 1 unspecified atom stereocenters. The molecule has 1 aliphatic heterocycles. The number of hydrogen-bond acceptors (Lipinski definition) is 4. The highest BCUT2D eigenvalue weighted by molar-refractivity contribution is 7.08. The number of likely N-dealkylation sites (tertiary alicyclic amines) is 1. The molecule has 4 nitrogen and oxygen atoms in total. The van der Waals surface area contributed by atoms with Crippen LogP contribution in [0, 0.1) is 0 Å². The standard InChI is InChI=1S/C15H24N2O2S/c18-14(13-6-11-20-12-13)15(19)16-7-5-10-17-8-3-1-2-4-9-17/h6,11-12,14,18H,1-5,7-10H2,(H,16,19). The van der Waals surface area contributed by atoms with Gasteiger partial charge in [0.1, 0.15) is 0 Å². The van der Waals surface area contributed by atoms with Crippen LogP contribution < -0.4 is 5.32 Å². The molecule has 1 amide bonds. The van der Waals surface area contributed by atoms with Gasteiger partial charge in [-0.05, 0) is 55.7 Å². The molecule has 1 atom stereocenters. The third kappa shape index (κ3) is 4.89. The molecule has 20 heavy (non-hydrogen) atoms. The quantitative estimate of drug-likeness (QED) is 0.791. The van der Waals surface area contributed by atoms with E-state index in [0.29, 0.717) is 12.1 Å². The summed E-state index contributed by atoms with van der Waals surface area (Å²) in [5, 5.41) is 16.3. The van der Waals surface area contributed by atoms with Crippen molar-refractivity contribution in [2.45, 2.75) is 38.2 Å². The first-order valence-corrected chi connectivity index (χ1v) is 8.42. The van der Waals surface area contributed by atoms with Gasteiger partial charge in [-0.1, -0.05) is 12.8 Å². The van der Waals surface area contributed by atoms with E-state index in [2.05, 4.69) is 10.2 Å². The van der Waals surface area contributed by atoms with Gasteiger partial charge in [0.25, 0.3) is 5.91 Å². The Morgan fingerprint density at radius 2 is 2.10 bits per heavy atom. The molecular weight excluding hydrogens is 272 g/mol. The van der Waals surface area contributed by atoms with Crippen LogP contribution in [-0.2, 0) is 4.79 Å². The monoisotopic (exact) mass is 296 g/mol. The zero-order valence-electron chi connectivity index (χ0n) is 11.9. The summed E-state index contributed by atoms with van der Waals surface area (Å²) in [4.78, 5) is 14.3. The van der Waals surface area contributed by atoms with Gasteiger partial charge in [0, 0.05) is 12.1 Å². The van der Waals surface area contributed by atoms with E-state index in [1.807, 2.05) is 10.8 Å². The minimum Gasteiger partial charge on any atom is -0.378 e. The molecule has 0 radical (unpaired) electrons. The van der Waals surface area contributed by atoms with Gasteiger partial charge >= 0.3 is 0 Å². The van der Waals surface area contributed by atoms with Gasteiger partial charge in [0.2, 0.25) is 0 Å². The van der Waals surface area contributed by atoms with Crippen LogP contribution in [0.2, 0.25) is 0 Å². The molecule has 0 spiro atoms. The highest BCUT2D eigenvalue weighted by Gasteiger charge is 2.17. The van der Waals surface area contributed by atoms with Crippen LogP contribution in [0.5, 0.6) is 0 Å². The molecule has 1 fully saturated rings. The van der Waals surface area contributed by atoms with Gasteiger partial charge in [-0.15, -0.1) is 0 Å². The summed E-state index contributed by atoms with van der Waals surface area (Å²) in [6.07, 6.45) is 5.20. The average molecular weight is 296 g/mol. The highest BCUT2D eigenvalue weighted by Crippen LogP contribution is 2.16. The lowest BCUT2D eigenvalue weighted by atomic mass is 10.2. The first-order valence-electron chi connectivity index (χ1n) is 7.47. The second-order valence-corrected chi connectivity index (χ2v) is 6.14. The summed E-state index contributed by atoms with van der Waals surface area (Å²) in [5.41, 5.74) is 0.681. The molecule has 1 saturated heterocycles. The number of hydrogen-bond donors (Lipinski definition) is 2. The SMILES string of the molecule is O=C(NCCCN1CCCCCC1)C(O)c1ccsc1. The normalized spacial score (nSPS) is 18.4. The molecule has 1 aliphatic rings.